The zero-order valence-corrected chi connectivity index (χ0v) is 11.7. The summed E-state index contributed by atoms with van der Waals surface area (Å²) in [6.07, 6.45) is 0.808. The number of benzene rings is 2. The van der Waals surface area contributed by atoms with Crippen LogP contribution in [0, 0.1) is 0 Å². The molecule has 0 amide bonds. The van der Waals surface area contributed by atoms with E-state index in [1.54, 1.807) is 0 Å². The van der Waals surface area contributed by atoms with Gasteiger partial charge in [0.1, 0.15) is 0 Å². The summed E-state index contributed by atoms with van der Waals surface area (Å²) in [5.74, 6) is 0.914. The molecule has 100 valence electrons. The lowest BCUT2D eigenvalue weighted by molar-refractivity contribution is 0.927. The summed E-state index contributed by atoms with van der Waals surface area (Å²) in [5, 5.41) is 11.1. The van der Waals surface area contributed by atoms with Crippen molar-refractivity contribution in [1.82, 2.24) is 10.2 Å². The lowest BCUT2D eigenvalue weighted by atomic mass is 10.0. The number of rotatable bonds is 3. The molecule has 3 rings (SSSR count). The molecule has 0 aliphatic rings. The second-order valence-corrected chi connectivity index (χ2v) is 5.07. The summed E-state index contributed by atoms with van der Waals surface area (Å²) in [4.78, 5) is 2.00. The first kappa shape index (κ1) is 12.6. The van der Waals surface area contributed by atoms with Crippen LogP contribution in [0.1, 0.15) is 11.3 Å². The van der Waals surface area contributed by atoms with Gasteiger partial charge >= 0.3 is 0 Å². The molecule has 0 saturated carbocycles. The van der Waals surface area contributed by atoms with Gasteiger partial charge in [-0.25, -0.2) is 0 Å². The first-order chi connectivity index (χ1) is 9.75. The molecule has 3 aromatic rings. The molecule has 0 fully saturated rings. The minimum atomic E-state index is 0.808. The third-order valence-corrected chi connectivity index (χ3v) is 3.38. The largest absolute Gasteiger partial charge is 0.361 e. The minimum Gasteiger partial charge on any atom is -0.361 e. The molecule has 0 radical (unpaired) electrons. The van der Waals surface area contributed by atoms with E-state index in [1.165, 1.54) is 10.9 Å². The fourth-order valence-corrected chi connectivity index (χ4v) is 2.40. The molecule has 2 aromatic carbocycles. The van der Waals surface area contributed by atoms with E-state index in [2.05, 4.69) is 52.7 Å². The predicted molar refractivity (Wildman–Crippen MR) is 83.1 cm³/mol. The van der Waals surface area contributed by atoms with E-state index in [0.717, 1.165) is 23.3 Å². The molecule has 0 aliphatic carbocycles. The molecule has 0 spiro atoms. The van der Waals surface area contributed by atoms with Crippen LogP contribution in [0.2, 0.25) is 0 Å². The fraction of sp³-hybridized carbons (Fsp3) is 0.176. The fourth-order valence-electron chi connectivity index (χ4n) is 2.40. The van der Waals surface area contributed by atoms with Gasteiger partial charge < -0.3 is 4.90 Å². The topological polar surface area (TPSA) is 29.0 Å². The maximum absolute atomic E-state index is 4.43. The van der Waals surface area contributed by atoms with Crippen LogP contribution in [0.25, 0.3) is 10.8 Å². The summed E-state index contributed by atoms with van der Waals surface area (Å²) in [6, 6.07) is 18.7. The average molecular weight is 263 g/mol. The Morgan fingerprint density at radius 1 is 0.800 bits per heavy atom. The maximum Gasteiger partial charge on any atom is 0.158 e. The average Bonchev–Trinajstić information content (AvgIpc) is 2.48. The monoisotopic (exact) mass is 263 g/mol. The van der Waals surface area contributed by atoms with Crippen molar-refractivity contribution in [2.75, 3.05) is 19.0 Å². The van der Waals surface area contributed by atoms with Gasteiger partial charge in [0.25, 0.3) is 0 Å². The van der Waals surface area contributed by atoms with E-state index in [0.29, 0.717) is 0 Å². The van der Waals surface area contributed by atoms with Gasteiger partial charge in [-0.1, -0.05) is 54.6 Å². The summed E-state index contributed by atoms with van der Waals surface area (Å²) in [6.45, 7) is 0. The van der Waals surface area contributed by atoms with E-state index in [1.807, 2.05) is 31.1 Å². The van der Waals surface area contributed by atoms with Crippen LogP contribution >= 0.6 is 0 Å². The molecule has 0 atom stereocenters. The van der Waals surface area contributed by atoms with Crippen molar-refractivity contribution in [2.24, 2.45) is 0 Å². The number of hydrogen-bond donors (Lipinski definition) is 0. The van der Waals surface area contributed by atoms with Gasteiger partial charge in [0.2, 0.25) is 0 Å². The van der Waals surface area contributed by atoms with Crippen molar-refractivity contribution in [3.63, 3.8) is 0 Å². The van der Waals surface area contributed by atoms with Crippen LogP contribution in [0.5, 0.6) is 0 Å². The molecule has 1 heterocycles. The Hall–Kier alpha value is -2.42. The van der Waals surface area contributed by atoms with Crippen molar-refractivity contribution < 1.29 is 0 Å². The normalized spacial score (nSPS) is 10.7. The maximum atomic E-state index is 4.43. The smallest absolute Gasteiger partial charge is 0.158 e. The Morgan fingerprint density at radius 3 is 2.15 bits per heavy atom. The Morgan fingerprint density at radius 2 is 1.45 bits per heavy atom. The molecule has 1 aromatic heterocycles. The van der Waals surface area contributed by atoms with Crippen LogP contribution in [0.3, 0.4) is 0 Å². The SMILES string of the molecule is CN(C)c1nnc(Cc2ccccc2)c2ccccc12. The van der Waals surface area contributed by atoms with Crippen LogP contribution in [-0.2, 0) is 6.42 Å². The van der Waals surface area contributed by atoms with E-state index in [-0.39, 0.29) is 0 Å². The summed E-state index contributed by atoms with van der Waals surface area (Å²) >= 11 is 0. The van der Waals surface area contributed by atoms with E-state index in [9.17, 15) is 0 Å². The van der Waals surface area contributed by atoms with Crippen LogP contribution in [-0.4, -0.2) is 24.3 Å². The lowest BCUT2D eigenvalue weighted by Crippen LogP contribution is -2.13. The van der Waals surface area contributed by atoms with Crippen LogP contribution in [0.15, 0.2) is 54.6 Å². The first-order valence-corrected chi connectivity index (χ1v) is 6.71. The molecular weight excluding hydrogens is 246 g/mol. The van der Waals surface area contributed by atoms with Crippen molar-refractivity contribution >= 4 is 16.6 Å². The predicted octanol–water partition coefficient (Wildman–Crippen LogP) is 3.29. The van der Waals surface area contributed by atoms with Gasteiger partial charge in [0.05, 0.1) is 5.69 Å². The zero-order chi connectivity index (χ0) is 13.9. The highest BCUT2D eigenvalue weighted by Crippen LogP contribution is 2.25. The van der Waals surface area contributed by atoms with Crippen molar-refractivity contribution in [3.8, 4) is 0 Å². The highest BCUT2D eigenvalue weighted by atomic mass is 15.2. The van der Waals surface area contributed by atoms with Crippen LogP contribution in [0.4, 0.5) is 5.82 Å². The lowest BCUT2D eigenvalue weighted by Gasteiger charge is -2.15. The second kappa shape index (κ2) is 5.29. The minimum absolute atomic E-state index is 0.808. The van der Waals surface area contributed by atoms with E-state index >= 15 is 0 Å². The van der Waals surface area contributed by atoms with Gasteiger partial charge in [-0.05, 0) is 5.56 Å². The zero-order valence-electron chi connectivity index (χ0n) is 11.7. The Bertz CT molecular complexity index is 721. The third kappa shape index (κ3) is 2.35. The number of aromatic nitrogens is 2. The molecular formula is C17H17N3. The molecule has 3 nitrogen and oxygen atoms in total. The number of nitrogens with zero attached hydrogens (tertiary/aromatic N) is 3. The molecule has 3 heteroatoms. The van der Waals surface area contributed by atoms with E-state index < -0.39 is 0 Å². The highest BCUT2D eigenvalue weighted by molar-refractivity contribution is 5.93. The quantitative estimate of drug-likeness (QED) is 0.726. The Kier molecular flexibility index (Phi) is 3.33. The van der Waals surface area contributed by atoms with Crippen LogP contribution < -0.4 is 4.90 Å². The van der Waals surface area contributed by atoms with Crippen molar-refractivity contribution in [1.29, 1.82) is 0 Å². The number of anilines is 1. The molecule has 0 bridgehead atoms. The summed E-state index contributed by atoms with van der Waals surface area (Å²) < 4.78 is 0. The van der Waals surface area contributed by atoms with Crippen molar-refractivity contribution in [2.45, 2.75) is 6.42 Å². The molecule has 20 heavy (non-hydrogen) atoms. The molecule has 0 saturated heterocycles. The highest BCUT2D eigenvalue weighted by Gasteiger charge is 2.10. The van der Waals surface area contributed by atoms with Gasteiger partial charge in [-0.15, -0.1) is 5.10 Å². The van der Waals surface area contributed by atoms with Gasteiger partial charge in [-0.2, -0.15) is 5.10 Å². The van der Waals surface area contributed by atoms with Gasteiger partial charge in [-0.3, -0.25) is 0 Å². The summed E-state index contributed by atoms with van der Waals surface area (Å²) in [5.41, 5.74) is 2.28. The first-order valence-electron chi connectivity index (χ1n) is 6.71. The molecule has 0 unspecified atom stereocenters. The van der Waals surface area contributed by atoms with E-state index in [4.69, 9.17) is 0 Å². The number of fused-ring (bicyclic) bond motifs is 1. The second-order valence-electron chi connectivity index (χ2n) is 5.07. The Balaban J connectivity index is 2.11. The van der Waals surface area contributed by atoms with Gasteiger partial charge in [0.15, 0.2) is 5.82 Å². The third-order valence-electron chi connectivity index (χ3n) is 3.38. The standard InChI is InChI=1S/C17H17N3/c1-20(2)17-15-11-7-6-10-14(15)16(18-19-17)12-13-8-4-3-5-9-13/h3-11H,12H2,1-2H3. The molecule has 0 aliphatic heterocycles. The molecule has 0 N–H and O–H groups in total. The van der Waals surface area contributed by atoms with Crippen molar-refractivity contribution in [3.05, 3.63) is 65.9 Å². The Labute approximate surface area is 118 Å². The number of hydrogen-bond acceptors (Lipinski definition) is 3. The summed E-state index contributed by atoms with van der Waals surface area (Å²) in [7, 11) is 3.99. The van der Waals surface area contributed by atoms with Gasteiger partial charge in [0, 0.05) is 31.3 Å².